The van der Waals surface area contributed by atoms with Gasteiger partial charge in [-0.15, -0.1) is 0 Å². The van der Waals surface area contributed by atoms with Gasteiger partial charge in [0.15, 0.2) is 0 Å². The number of benzene rings is 1. The molecule has 0 aromatic heterocycles. The summed E-state index contributed by atoms with van der Waals surface area (Å²) in [6.45, 7) is 9.70. The second kappa shape index (κ2) is 5.43. The van der Waals surface area contributed by atoms with Gasteiger partial charge < -0.3 is 5.11 Å². The average Bonchev–Trinajstić information content (AvgIpc) is 2.00. The summed E-state index contributed by atoms with van der Waals surface area (Å²) >= 11 is 0. The number of carbonyl (C=O) groups is 1. The van der Waals surface area contributed by atoms with Crippen LogP contribution in [0.5, 0.6) is 0 Å². The lowest BCUT2D eigenvalue weighted by molar-refractivity contribution is -0.134. The minimum Gasteiger partial charge on any atom is -0.481 e. The molecule has 0 radical (unpaired) electrons. The number of hydrogen-bond donors (Lipinski definition) is 1. The quantitative estimate of drug-likeness (QED) is 0.689. The zero-order valence-corrected chi connectivity index (χ0v) is 9.51. The Bertz CT molecular complexity index is 273. The van der Waals surface area contributed by atoms with Crippen molar-refractivity contribution in [2.24, 2.45) is 0 Å². The molecule has 0 saturated heterocycles. The molecule has 0 fully saturated rings. The molecular weight excluding hydrogens is 176 g/mol. The van der Waals surface area contributed by atoms with Crippen molar-refractivity contribution < 1.29 is 9.90 Å². The van der Waals surface area contributed by atoms with Crippen molar-refractivity contribution in [1.29, 1.82) is 0 Å². The van der Waals surface area contributed by atoms with Crippen LogP contribution < -0.4 is 0 Å². The Hall–Kier alpha value is -1.31. The van der Waals surface area contributed by atoms with E-state index >= 15 is 0 Å². The van der Waals surface area contributed by atoms with Gasteiger partial charge in [-0.3, -0.25) is 4.79 Å². The van der Waals surface area contributed by atoms with Gasteiger partial charge in [-0.25, -0.2) is 0 Å². The first-order chi connectivity index (χ1) is 6.34. The molecule has 0 unspecified atom stereocenters. The minimum atomic E-state index is -0.833. The van der Waals surface area contributed by atoms with Crippen molar-refractivity contribution in [3.63, 3.8) is 0 Å². The summed E-state index contributed by atoms with van der Waals surface area (Å²) in [4.78, 5) is 9.00. The number of aryl methyl sites for hydroxylation is 4. The highest BCUT2D eigenvalue weighted by molar-refractivity contribution is 5.62. The van der Waals surface area contributed by atoms with Gasteiger partial charge in [-0.2, -0.15) is 0 Å². The number of hydrogen-bond acceptors (Lipinski definition) is 1. The first kappa shape index (κ1) is 12.7. The highest BCUT2D eigenvalue weighted by Crippen LogP contribution is 2.13. The second-order valence-corrected chi connectivity index (χ2v) is 3.54. The molecule has 0 bridgehead atoms. The largest absolute Gasteiger partial charge is 0.481 e. The lowest BCUT2D eigenvalue weighted by Crippen LogP contribution is -1.86. The van der Waals surface area contributed by atoms with Gasteiger partial charge in [-0.05, 0) is 49.9 Å². The summed E-state index contributed by atoms with van der Waals surface area (Å²) in [6, 6.07) is 4.48. The third kappa shape index (κ3) is 4.65. The molecule has 0 aliphatic carbocycles. The van der Waals surface area contributed by atoms with E-state index in [1.807, 2.05) is 0 Å². The topological polar surface area (TPSA) is 37.3 Å². The maximum Gasteiger partial charge on any atom is 0.300 e. The molecule has 0 aliphatic rings. The van der Waals surface area contributed by atoms with E-state index in [9.17, 15) is 0 Å². The van der Waals surface area contributed by atoms with E-state index < -0.39 is 5.97 Å². The fourth-order valence-corrected chi connectivity index (χ4v) is 1.10. The molecule has 1 N–H and O–H groups in total. The zero-order chi connectivity index (χ0) is 11.3. The summed E-state index contributed by atoms with van der Waals surface area (Å²) in [5.41, 5.74) is 5.57. The van der Waals surface area contributed by atoms with E-state index in [0.29, 0.717) is 0 Å². The maximum absolute atomic E-state index is 9.00. The first-order valence-corrected chi connectivity index (χ1v) is 4.58. The SMILES string of the molecule is CC(=O)O.Cc1cc(C)c(C)cc1C. The predicted molar refractivity (Wildman–Crippen MR) is 58.7 cm³/mol. The summed E-state index contributed by atoms with van der Waals surface area (Å²) in [5.74, 6) is -0.833. The van der Waals surface area contributed by atoms with Gasteiger partial charge in [0.2, 0.25) is 0 Å². The van der Waals surface area contributed by atoms with E-state index in [0.717, 1.165) is 6.92 Å². The van der Waals surface area contributed by atoms with Crippen LogP contribution in [0.2, 0.25) is 0 Å². The molecule has 1 aromatic carbocycles. The first-order valence-electron chi connectivity index (χ1n) is 4.58. The Morgan fingerprint density at radius 3 is 1.21 bits per heavy atom. The minimum absolute atomic E-state index is 0.833. The third-order valence-electron chi connectivity index (χ3n) is 2.11. The van der Waals surface area contributed by atoms with Gasteiger partial charge in [0.05, 0.1) is 0 Å². The predicted octanol–water partition coefficient (Wildman–Crippen LogP) is 3.01. The molecule has 14 heavy (non-hydrogen) atoms. The van der Waals surface area contributed by atoms with Crippen LogP contribution in [0, 0.1) is 27.7 Å². The normalized spacial score (nSPS) is 8.93. The summed E-state index contributed by atoms with van der Waals surface area (Å²) in [6.07, 6.45) is 0. The molecule has 0 saturated carbocycles. The van der Waals surface area contributed by atoms with Gasteiger partial charge >= 0.3 is 0 Å². The van der Waals surface area contributed by atoms with Crippen LogP contribution >= 0.6 is 0 Å². The van der Waals surface area contributed by atoms with Crippen LogP contribution in [0.15, 0.2) is 12.1 Å². The molecule has 0 aliphatic heterocycles. The second-order valence-electron chi connectivity index (χ2n) is 3.54. The monoisotopic (exact) mass is 194 g/mol. The summed E-state index contributed by atoms with van der Waals surface area (Å²) in [7, 11) is 0. The van der Waals surface area contributed by atoms with E-state index in [1.54, 1.807) is 0 Å². The average molecular weight is 194 g/mol. The Labute approximate surface area is 85.6 Å². The highest BCUT2D eigenvalue weighted by Gasteiger charge is 1.95. The maximum atomic E-state index is 9.00. The molecule has 0 heterocycles. The van der Waals surface area contributed by atoms with Crippen molar-refractivity contribution in [3.05, 3.63) is 34.4 Å². The van der Waals surface area contributed by atoms with Crippen LogP contribution in [0.4, 0.5) is 0 Å². The molecule has 2 heteroatoms. The Morgan fingerprint density at radius 2 is 1.07 bits per heavy atom. The van der Waals surface area contributed by atoms with Gasteiger partial charge in [0.1, 0.15) is 0 Å². The number of carboxylic acids is 1. The number of carboxylic acid groups (broad SMARTS) is 1. The Kier molecular flexibility index (Phi) is 4.92. The van der Waals surface area contributed by atoms with Gasteiger partial charge in [-0.1, -0.05) is 12.1 Å². The van der Waals surface area contributed by atoms with Crippen molar-refractivity contribution in [1.82, 2.24) is 0 Å². The van der Waals surface area contributed by atoms with Crippen LogP contribution in [0.3, 0.4) is 0 Å². The standard InChI is InChI=1S/C10H14.C2H4O2/c1-7-5-9(3)10(4)6-8(7)2;1-2(3)4/h5-6H,1-4H3;1H3,(H,3,4). The van der Waals surface area contributed by atoms with Crippen molar-refractivity contribution in [2.75, 3.05) is 0 Å². The fraction of sp³-hybridized carbons (Fsp3) is 0.417. The molecule has 2 nitrogen and oxygen atoms in total. The molecule has 0 atom stereocenters. The van der Waals surface area contributed by atoms with E-state index in [1.165, 1.54) is 22.3 Å². The summed E-state index contributed by atoms with van der Waals surface area (Å²) in [5, 5.41) is 7.42. The molecule has 1 rings (SSSR count). The van der Waals surface area contributed by atoms with Crippen LogP contribution in [-0.2, 0) is 4.79 Å². The van der Waals surface area contributed by atoms with Crippen LogP contribution in [0.25, 0.3) is 0 Å². The molecule has 78 valence electrons. The van der Waals surface area contributed by atoms with Gasteiger partial charge in [0.25, 0.3) is 5.97 Å². The van der Waals surface area contributed by atoms with Crippen LogP contribution in [0.1, 0.15) is 29.2 Å². The third-order valence-corrected chi connectivity index (χ3v) is 2.11. The summed E-state index contributed by atoms with van der Waals surface area (Å²) < 4.78 is 0. The van der Waals surface area contributed by atoms with Crippen LogP contribution in [-0.4, -0.2) is 11.1 Å². The smallest absolute Gasteiger partial charge is 0.300 e. The lowest BCUT2D eigenvalue weighted by atomic mass is 10.0. The zero-order valence-electron chi connectivity index (χ0n) is 9.51. The lowest BCUT2D eigenvalue weighted by Gasteiger charge is -2.04. The Morgan fingerprint density at radius 1 is 0.929 bits per heavy atom. The molecule has 1 aromatic rings. The van der Waals surface area contributed by atoms with E-state index in [-0.39, 0.29) is 0 Å². The van der Waals surface area contributed by atoms with E-state index in [2.05, 4.69) is 39.8 Å². The van der Waals surface area contributed by atoms with Crippen molar-refractivity contribution in [2.45, 2.75) is 34.6 Å². The number of rotatable bonds is 0. The highest BCUT2D eigenvalue weighted by atomic mass is 16.4. The van der Waals surface area contributed by atoms with Crippen molar-refractivity contribution in [3.8, 4) is 0 Å². The fourth-order valence-electron chi connectivity index (χ4n) is 1.10. The molecular formula is C12H18O2. The molecule has 0 amide bonds. The Balaban J connectivity index is 0.000000364. The van der Waals surface area contributed by atoms with Crippen molar-refractivity contribution >= 4 is 5.97 Å². The number of aliphatic carboxylic acids is 1. The van der Waals surface area contributed by atoms with Gasteiger partial charge in [0, 0.05) is 6.92 Å². The van der Waals surface area contributed by atoms with E-state index in [4.69, 9.17) is 9.90 Å². The molecule has 0 spiro atoms.